The molecule has 0 unspecified atom stereocenters. The molecule has 1 N–H and O–H groups in total. The van der Waals surface area contributed by atoms with E-state index in [1.165, 1.54) is 0 Å². The Morgan fingerprint density at radius 2 is 1.69 bits per heavy atom. The molecule has 0 radical (unpaired) electrons. The first-order chi connectivity index (χ1) is 12.7. The Morgan fingerprint density at radius 3 is 2.23 bits per heavy atom. The number of hydrazone groups is 1. The van der Waals surface area contributed by atoms with Crippen LogP contribution in [0, 0.1) is 0 Å². The van der Waals surface area contributed by atoms with Crippen LogP contribution in [-0.4, -0.2) is 33.6 Å². The van der Waals surface area contributed by atoms with Gasteiger partial charge in [-0.05, 0) is 60.2 Å². The molecule has 0 bridgehead atoms. The van der Waals surface area contributed by atoms with Crippen molar-refractivity contribution in [2.24, 2.45) is 10.1 Å². The first kappa shape index (κ1) is 19.0. The molecule has 0 atom stereocenters. The molecule has 0 saturated heterocycles. The van der Waals surface area contributed by atoms with Crippen molar-refractivity contribution in [3.8, 4) is 5.75 Å². The topological polar surface area (TPSA) is 49.2 Å². The average Bonchev–Trinajstić information content (AvgIpc) is 2.69. The molecular weight excluding hydrogens is 324 g/mol. The van der Waals surface area contributed by atoms with Crippen molar-refractivity contribution in [1.82, 2.24) is 0 Å². The maximum Gasteiger partial charge on any atom is 0.119 e. The normalized spacial score (nSPS) is 11.7. The van der Waals surface area contributed by atoms with Gasteiger partial charge in [-0.25, -0.2) is 0 Å². The largest absolute Gasteiger partial charge is 0.497 e. The first-order valence-electron chi connectivity index (χ1n) is 8.20. The Balaban J connectivity index is 2.02. The molecule has 0 aliphatic rings. The van der Waals surface area contributed by atoms with Crippen molar-refractivity contribution in [2.75, 3.05) is 31.5 Å². The highest BCUT2D eigenvalue weighted by molar-refractivity contribution is 5.89. The first-order valence-corrected chi connectivity index (χ1v) is 8.20. The third-order valence-corrected chi connectivity index (χ3v) is 3.65. The fourth-order valence-corrected chi connectivity index (χ4v) is 2.15. The van der Waals surface area contributed by atoms with E-state index in [1.54, 1.807) is 37.7 Å². The highest BCUT2D eigenvalue weighted by Crippen LogP contribution is 2.22. The zero-order valence-corrected chi connectivity index (χ0v) is 15.4. The lowest BCUT2D eigenvalue weighted by Crippen LogP contribution is -2.08. The molecule has 0 aliphatic carbocycles. The number of methoxy groups -OCH3 is 1. The molecule has 2 aromatic carbocycles. The van der Waals surface area contributed by atoms with Crippen molar-refractivity contribution in [3.05, 3.63) is 72.8 Å². The quantitative estimate of drug-likeness (QED) is 0.428. The number of benzene rings is 2. The number of allylic oxidation sites excluding steroid dienone is 3. The van der Waals surface area contributed by atoms with E-state index >= 15 is 0 Å². The summed E-state index contributed by atoms with van der Waals surface area (Å²) in [6.07, 6.45) is 7.05. The van der Waals surface area contributed by atoms with Crippen molar-refractivity contribution >= 4 is 29.5 Å². The molecule has 134 valence electrons. The van der Waals surface area contributed by atoms with E-state index in [4.69, 9.17) is 4.74 Å². The van der Waals surface area contributed by atoms with Gasteiger partial charge in [-0.1, -0.05) is 12.7 Å². The molecule has 5 nitrogen and oxygen atoms in total. The van der Waals surface area contributed by atoms with Crippen molar-refractivity contribution in [1.29, 1.82) is 0 Å². The zero-order valence-electron chi connectivity index (χ0n) is 15.4. The van der Waals surface area contributed by atoms with E-state index in [0.29, 0.717) is 0 Å². The van der Waals surface area contributed by atoms with Crippen molar-refractivity contribution in [2.45, 2.75) is 0 Å². The molecule has 2 rings (SSSR count). The number of nitrogens with one attached hydrogen (secondary N) is 1. The van der Waals surface area contributed by atoms with Gasteiger partial charge in [-0.3, -0.25) is 10.0 Å². The Bertz CT molecular complexity index is 790. The lowest BCUT2D eigenvalue weighted by Gasteiger charge is -2.14. The van der Waals surface area contributed by atoms with Gasteiger partial charge >= 0.3 is 0 Å². The summed E-state index contributed by atoms with van der Waals surface area (Å²) < 4.78 is 5.17. The highest BCUT2D eigenvalue weighted by atomic mass is 16.5. The number of aliphatic imine (C=N–C) groups is 1. The number of ether oxygens (including phenoxy) is 1. The molecule has 0 heterocycles. The van der Waals surface area contributed by atoms with Crippen LogP contribution in [-0.2, 0) is 0 Å². The summed E-state index contributed by atoms with van der Waals surface area (Å²) in [5, 5.41) is 9.58. The van der Waals surface area contributed by atoms with Gasteiger partial charge in [0.15, 0.2) is 0 Å². The van der Waals surface area contributed by atoms with Crippen LogP contribution in [0.1, 0.15) is 0 Å². The Labute approximate surface area is 155 Å². The Kier molecular flexibility index (Phi) is 7.18. The molecule has 0 amide bonds. The smallest absolute Gasteiger partial charge is 0.119 e. The number of hydrogen-bond acceptors (Lipinski definition) is 5. The van der Waals surface area contributed by atoms with Crippen LogP contribution < -0.4 is 15.1 Å². The predicted molar refractivity (Wildman–Crippen MR) is 112 cm³/mol. The fraction of sp³-hybridized carbons (Fsp3) is 0.143. The number of rotatable bonds is 8. The Hall–Kier alpha value is -3.34. The number of nitrogens with zero attached hydrogens (tertiary/aromatic N) is 3. The molecule has 0 aliphatic heterocycles. The molecule has 0 aromatic heterocycles. The third kappa shape index (κ3) is 5.63. The molecule has 0 saturated carbocycles. The van der Waals surface area contributed by atoms with E-state index in [1.807, 2.05) is 61.7 Å². The number of anilines is 3. The van der Waals surface area contributed by atoms with Gasteiger partial charge in [0.25, 0.3) is 0 Å². The van der Waals surface area contributed by atoms with Crippen molar-refractivity contribution < 1.29 is 4.74 Å². The van der Waals surface area contributed by atoms with Crippen LogP contribution in [0.3, 0.4) is 0 Å². The minimum absolute atomic E-state index is 0.837. The minimum atomic E-state index is 0.837. The second kappa shape index (κ2) is 9.84. The van der Waals surface area contributed by atoms with Crippen LogP contribution in [0.15, 0.2) is 82.9 Å². The number of hydrogen-bond donors (Lipinski definition) is 1. The molecule has 0 spiro atoms. The lowest BCUT2D eigenvalue weighted by molar-refractivity contribution is 0.415. The van der Waals surface area contributed by atoms with E-state index in [2.05, 4.69) is 22.0 Å². The van der Waals surface area contributed by atoms with Crippen LogP contribution in [0.5, 0.6) is 5.75 Å². The molecule has 5 heteroatoms. The van der Waals surface area contributed by atoms with Crippen LogP contribution >= 0.6 is 0 Å². The third-order valence-electron chi connectivity index (χ3n) is 3.65. The van der Waals surface area contributed by atoms with Gasteiger partial charge in [0, 0.05) is 31.7 Å². The summed E-state index contributed by atoms with van der Waals surface area (Å²) in [5.74, 6) is 0.837. The van der Waals surface area contributed by atoms with Gasteiger partial charge in [-0.2, -0.15) is 5.10 Å². The second-order valence-corrected chi connectivity index (χ2v) is 5.45. The summed E-state index contributed by atoms with van der Waals surface area (Å²) in [4.78, 5) is 3.92. The summed E-state index contributed by atoms with van der Waals surface area (Å²) in [5.41, 5.74) is 3.87. The molecule has 2 aromatic rings. The molecule has 0 fully saturated rings. The van der Waals surface area contributed by atoms with Crippen molar-refractivity contribution in [3.63, 3.8) is 0 Å². The highest BCUT2D eigenvalue weighted by Gasteiger charge is 2.00. The monoisotopic (exact) mass is 348 g/mol. The average molecular weight is 348 g/mol. The van der Waals surface area contributed by atoms with E-state index < -0.39 is 0 Å². The summed E-state index contributed by atoms with van der Waals surface area (Å²) in [6, 6.07) is 15.8. The van der Waals surface area contributed by atoms with E-state index in [-0.39, 0.29) is 0 Å². The fourth-order valence-electron chi connectivity index (χ4n) is 2.15. The summed E-state index contributed by atoms with van der Waals surface area (Å²) >= 11 is 0. The zero-order chi connectivity index (χ0) is 18.8. The van der Waals surface area contributed by atoms with Crippen LogP contribution in [0.25, 0.3) is 0 Å². The summed E-state index contributed by atoms with van der Waals surface area (Å²) in [6.45, 7) is 3.77. The van der Waals surface area contributed by atoms with Gasteiger partial charge in [0.1, 0.15) is 5.75 Å². The summed E-state index contributed by atoms with van der Waals surface area (Å²) in [7, 11) is 5.28. The predicted octanol–water partition coefficient (Wildman–Crippen LogP) is 4.67. The van der Waals surface area contributed by atoms with Gasteiger partial charge in [-0.15, -0.1) is 0 Å². The van der Waals surface area contributed by atoms with Gasteiger partial charge < -0.3 is 10.1 Å². The van der Waals surface area contributed by atoms with E-state index in [0.717, 1.165) is 28.4 Å². The molecule has 26 heavy (non-hydrogen) atoms. The maximum atomic E-state index is 5.17. The molecular formula is C21H24N4O. The standard InChI is InChI=1S/C21H24N4O/c1-5-17(14-15-22-2)16-23-25(3)20-10-6-18(7-11-20)24-19-8-12-21(26-4)13-9-19/h5-16,24H,1H2,2-4H3/b17-14+,22-15?,23-16+. The van der Waals surface area contributed by atoms with Gasteiger partial charge in [0.05, 0.1) is 19.0 Å². The second-order valence-electron chi connectivity index (χ2n) is 5.45. The SMILES string of the molecule is C=CC(/C=N/N(C)c1ccc(Nc2ccc(OC)cc2)cc1)=C\C=NC. The maximum absolute atomic E-state index is 5.17. The minimum Gasteiger partial charge on any atom is -0.497 e. The van der Waals surface area contributed by atoms with Crippen LogP contribution in [0.4, 0.5) is 17.1 Å². The van der Waals surface area contributed by atoms with Crippen LogP contribution in [0.2, 0.25) is 0 Å². The van der Waals surface area contributed by atoms with E-state index in [9.17, 15) is 0 Å². The Morgan fingerprint density at radius 1 is 1.08 bits per heavy atom. The lowest BCUT2D eigenvalue weighted by atomic mass is 10.2. The van der Waals surface area contributed by atoms with Gasteiger partial charge in [0.2, 0.25) is 0 Å².